The Labute approximate surface area is 124 Å². The molecule has 20 heavy (non-hydrogen) atoms. The van der Waals surface area contributed by atoms with Crippen molar-refractivity contribution in [2.75, 3.05) is 5.32 Å². The van der Waals surface area contributed by atoms with Crippen LogP contribution in [0.1, 0.15) is 21.7 Å². The van der Waals surface area contributed by atoms with E-state index in [1.54, 1.807) is 11.3 Å². The van der Waals surface area contributed by atoms with Crippen LogP contribution in [-0.2, 0) is 19.4 Å². The highest BCUT2D eigenvalue weighted by Gasteiger charge is 2.22. The van der Waals surface area contributed by atoms with Crippen LogP contribution in [0.3, 0.4) is 0 Å². The zero-order chi connectivity index (χ0) is 14.1. The molecule has 0 unspecified atom stereocenters. The molecule has 0 saturated carbocycles. The van der Waals surface area contributed by atoms with E-state index in [4.69, 9.17) is 11.6 Å². The normalized spacial score (nSPS) is 13.2. The standard InChI is InChI=1S/C12H11ClN4O2S/c13-11-10(17(18)19)12(16-6-15-11)14-5-8-4-7-2-1-3-9(7)20-8/h4,6H,1-3,5H2,(H,14,15,16). The molecule has 0 atom stereocenters. The molecule has 0 amide bonds. The Morgan fingerprint density at radius 1 is 1.45 bits per heavy atom. The van der Waals surface area contributed by atoms with Gasteiger partial charge in [-0.3, -0.25) is 10.1 Å². The number of nitro groups is 1. The first-order chi connectivity index (χ1) is 9.65. The fraction of sp³-hybridized carbons (Fsp3) is 0.333. The molecule has 2 aromatic rings. The molecule has 1 N–H and O–H groups in total. The van der Waals surface area contributed by atoms with E-state index < -0.39 is 4.92 Å². The molecule has 3 rings (SSSR count). The molecule has 0 aromatic carbocycles. The fourth-order valence-corrected chi connectivity index (χ4v) is 3.70. The molecule has 2 heterocycles. The highest BCUT2D eigenvalue weighted by atomic mass is 35.5. The lowest BCUT2D eigenvalue weighted by molar-refractivity contribution is -0.384. The van der Waals surface area contributed by atoms with Crippen LogP contribution in [0.4, 0.5) is 11.5 Å². The molecule has 0 fully saturated rings. The average molecular weight is 311 g/mol. The molecule has 104 valence electrons. The van der Waals surface area contributed by atoms with Crippen molar-refractivity contribution >= 4 is 34.4 Å². The number of aromatic nitrogens is 2. The van der Waals surface area contributed by atoms with Crippen LogP contribution in [0, 0.1) is 10.1 Å². The number of nitrogens with zero attached hydrogens (tertiary/aromatic N) is 3. The second-order valence-corrected chi connectivity index (χ2v) is 6.07. The maximum atomic E-state index is 11.0. The largest absolute Gasteiger partial charge is 0.359 e. The molecule has 0 spiro atoms. The predicted octanol–water partition coefficient (Wildman–Crippen LogP) is 3.20. The van der Waals surface area contributed by atoms with E-state index in [0.717, 1.165) is 17.7 Å². The second kappa shape index (κ2) is 5.34. The molecular weight excluding hydrogens is 300 g/mol. The minimum atomic E-state index is -0.570. The Morgan fingerprint density at radius 2 is 2.30 bits per heavy atom. The molecule has 0 aliphatic heterocycles. The average Bonchev–Trinajstić information content (AvgIpc) is 2.96. The van der Waals surface area contributed by atoms with E-state index in [2.05, 4.69) is 21.4 Å². The van der Waals surface area contributed by atoms with Crippen LogP contribution in [0.25, 0.3) is 0 Å². The number of rotatable bonds is 4. The number of nitrogens with one attached hydrogen (secondary N) is 1. The lowest BCUT2D eigenvalue weighted by atomic mass is 10.2. The van der Waals surface area contributed by atoms with E-state index in [1.165, 1.54) is 23.2 Å². The van der Waals surface area contributed by atoms with Gasteiger partial charge in [0.2, 0.25) is 11.0 Å². The Hall–Kier alpha value is -1.73. The van der Waals surface area contributed by atoms with Crippen molar-refractivity contribution < 1.29 is 4.92 Å². The minimum Gasteiger partial charge on any atom is -0.359 e. The van der Waals surface area contributed by atoms with E-state index in [9.17, 15) is 10.1 Å². The van der Waals surface area contributed by atoms with Crippen LogP contribution < -0.4 is 5.32 Å². The Bertz CT molecular complexity index is 652. The number of thiophene rings is 1. The van der Waals surface area contributed by atoms with Gasteiger partial charge in [0.05, 0.1) is 11.5 Å². The lowest BCUT2D eigenvalue weighted by Crippen LogP contribution is -2.05. The van der Waals surface area contributed by atoms with Gasteiger partial charge < -0.3 is 5.32 Å². The summed E-state index contributed by atoms with van der Waals surface area (Å²) in [6, 6.07) is 2.16. The van der Waals surface area contributed by atoms with Crippen LogP contribution in [0.15, 0.2) is 12.4 Å². The first kappa shape index (κ1) is 13.3. The Morgan fingerprint density at radius 3 is 3.05 bits per heavy atom. The second-order valence-electron chi connectivity index (χ2n) is 4.49. The Balaban J connectivity index is 1.78. The number of anilines is 1. The van der Waals surface area contributed by atoms with Gasteiger partial charge in [-0.15, -0.1) is 11.3 Å². The van der Waals surface area contributed by atoms with Crippen molar-refractivity contribution in [1.29, 1.82) is 0 Å². The van der Waals surface area contributed by atoms with Gasteiger partial charge in [-0.05, 0) is 30.9 Å². The summed E-state index contributed by atoms with van der Waals surface area (Å²) in [5, 5.41) is 13.8. The van der Waals surface area contributed by atoms with Gasteiger partial charge in [0, 0.05) is 9.75 Å². The molecule has 8 heteroatoms. The van der Waals surface area contributed by atoms with Gasteiger partial charge in [-0.25, -0.2) is 9.97 Å². The Kier molecular flexibility index (Phi) is 3.54. The fourth-order valence-electron chi connectivity index (χ4n) is 2.30. The third-order valence-corrected chi connectivity index (χ3v) is 4.70. The van der Waals surface area contributed by atoms with Crippen molar-refractivity contribution in [2.24, 2.45) is 0 Å². The van der Waals surface area contributed by atoms with E-state index in [1.807, 2.05) is 0 Å². The number of hydrogen-bond acceptors (Lipinski definition) is 6. The monoisotopic (exact) mass is 310 g/mol. The molecule has 0 saturated heterocycles. The van der Waals surface area contributed by atoms with Gasteiger partial charge >= 0.3 is 5.69 Å². The number of aryl methyl sites for hydroxylation is 2. The van der Waals surface area contributed by atoms with Crippen LogP contribution in [-0.4, -0.2) is 14.9 Å². The highest BCUT2D eigenvalue weighted by Crippen LogP contribution is 2.32. The zero-order valence-corrected chi connectivity index (χ0v) is 12.0. The van der Waals surface area contributed by atoms with Gasteiger partial charge in [0.1, 0.15) is 6.33 Å². The predicted molar refractivity (Wildman–Crippen MR) is 77.4 cm³/mol. The van der Waals surface area contributed by atoms with Crippen LogP contribution in [0.2, 0.25) is 5.15 Å². The molecule has 0 bridgehead atoms. The summed E-state index contributed by atoms with van der Waals surface area (Å²) in [5.41, 5.74) is 1.13. The van der Waals surface area contributed by atoms with E-state index in [-0.39, 0.29) is 16.7 Å². The number of fused-ring (bicyclic) bond motifs is 1. The van der Waals surface area contributed by atoms with Gasteiger partial charge in [-0.1, -0.05) is 11.6 Å². The summed E-state index contributed by atoms with van der Waals surface area (Å²) < 4.78 is 0. The maximum absolute atomic E-state index is 11.0. The van der Waals surface area contributed by atoms with Gasteiger partial charge in [0.25, 0.3) is 0 Å². The minimum absolute atomic E-state index is 0.152. The summed E-state index contributed by atoms with van der Waals surface area (Å²) in [4.78, 5) is 20.5. The first-order valence-electron chi connectivity index (χ1n) is 6.14. The molecule has 6 nitrogen and oxygen atoms in total. The van der Waals surface area contributed by atoms with Crippen LogP contribution >= 0.6 is 22.9 Å². The van der Waals surface area contributed by atoms with Gasteiger partial charge in [0.15, 0.2) is 0 Å². The maximum Gasteiger partial charge on any atom is 0.348 e. The third-order valence-electron chi connectivity index (χ3n) is 3.19. The highest BCUT2D eigenvalue weighted by molar-refractivity contribution is 7.12. The summed E-state index contributed by atoms with van der Waals surface area (Å²) in [6.07, 6.45) is 4.71. The quantitative estimate of drug-likeness (QED) is 0.533. The molecule has 1 aliphatic carbocycles. The molecular formula is C12H11ClN4O2S. The van der Waals surface area contributed by atoms with E-state index >= 15 is 0 Å². The number of hydrogen-bond donors (Lipinski definition) is 1. The third kappa shape index (κ3) is 2.46. The van der Waals surface area contributed by atoms with Gasteiger partial charge in [-0.2, -0.15) is 0 Å². The zero-order valence-electron chi connectivity index (χ0n) is 10.4. The van der Waals surface area contributed by atoms with Crippen molar-refractivity contribution in [1.82, 2.24) is 9.97 Å². The van der Waals surface area contributed by atoms with Crippen LogP contribution in [0.5, 0.6) is 0 Å². The first-order valence-corrected chi connectivity index (χ1v) is 7.34. The molecule has 2 aromatic heterocycles. The SMILES string of the molecule is O=[N+]([O-])c1c(Cl)ncnc1NCc1cc2c(s1)CCC2. The van der Waals surface area contributed by atoms with Crippen molar-refractivity contribution in [3.8, 4) is 0 Å². The number of halogens is 1. The summed E-state index contributed by atoms with van der Waals surface area (Å²) in [6.45, 7) is 0.506. The smallest absolute Gasteiger partial charge is 0.348 e. The molecule has 0 radical (unpaired) electrons. The van der Waals surface area contributed by atoms with E-state index in [0.29, 0.717) is 6.54 Å². The molecule has 1 aliphatic rings. The van der Waals surface area contributed by atoms with Crippen molar-refractivity contribution in [3.63, 3.8) is 0 Å². The van der Waals surface area contributed by atoms with Crippen molar-refractivity contribution in [2.45, 2.75) is 25.8 Å². The lowest BCUT2D eigenvalue weighted by Gasteiger charge is -2.05. The summed E-state index contributed by atoms with van der Waals surface area (Å²) >= 11 is 7.49. The van der Waals surface area contributed by atoms with Crippen molar-refractivity contribution in [3.05, 3.63) is 43.0 Å². The summed E-state index contributed by atoms with van der Waals surface area (Å²) in [7, 11) is 0. The topological polar surface area (TPSA) is 81.0 Å². The summed E-state index contributed by atoms with van der Waals surface area (Å²) in [5.74, 6) is 0.156.